The van der Waals surface area contributed by atoms with Gasteiger partial charge in [-0.05, 0) is 36.8 Å². The molecule has 3 nitrogen and oxygen atoms in total. The highest BCUT2D eigenvalue weighted by Gasteiger charge is 2.32. The van der Waals surface area contributed by atoms with Crippen LogP contribution in [0.1, 0.15) is 21.6 Å². The second-order valence-electron chi connectivity index (χ2n) is 5.43. The number of ketones is 1. The lowest BCUT2D eigenvalue weighted by Crippen LogP contribution is -2.11. The highest BCUT2D eigenvalue weighted by atomic mass is 32.2. The Balaban J connectivity index is 1.77. The van der Waals surface area contributed by atoms with Crippen molar-refractivity contribution in [3.05, 3.63) is 65.5 Å². The Morgan fingerprint density at radius 1 is 1.16 bits per heavy atom. The summed E-state index contributed by atoms with van der Waals surface area (Å²) in [5.74, 6) is -0.392. The van der Waals surface area contributed by atoms with E-state index in [1.807, 2.05) is 37.3 Å². The molecule has 0 aliphatic carbocycles. The van der Waals surface area contributed by atoms with Crippen LogP contribution in [-0.4, -0.2) is 21.5 Å². The van der Waals surface area contributed by atoms with E-state index < -0.39 is 17.7 Å². The Hall–Kier alpha value is -2.41. The highest BCUT2D eigenvalue weighted by Crippen LogP contribution is 2.28. The van der Waals surface area contributed by atoms with Gasteiger partial charge in [0.2, 0.25) is 0 Å². The number of rotatable bonds is 4. The lowest BCUT2D eigenvalue weighted by Gasteiger charge is -2.08. The van der Waals surface area contributed by atoms with E-state index in [0.717, 1.165) is 28.7 Å². The van der Waals surface area contributed by atoms with E-state index in [9.17, 15) is 18.0 Å². The first-order chi connectivity index (χ1) is 11.8. The highest BCUT2D eigenvalue weighted by molar-refractivity contribution is 7.99. The van der Waals surface area contributed by atoms with Crippen molar-refractivity contribution in [2.24, 2.45) is 0 Å². The molecular weight excluding hydrogens is 349 g/mol. The summed E-state index contributed by atoms with van der Waals surface area (Å²) < 4.78 is 38.1. The third-order valence-corrected chi connectivity index (χ3v) is 4.53. The Labute approximate surface area is 146 Å². The number of alkyl halides is 3. The van der Waals surface area contributed by atoms with Gasteiger partial charge in [-0.3, -0.25) is 9.78 Å². The minimum Gasteiger partial charge on any atom is -0.293 e. The molecule has 0 saturated carbocycles. The van der Waals surface area contributed by atoms with E-state index in [1.165, 1.54) is 17.8 Å². The standard InChI is InChI=1S/C18H13F3N2OS/c1-11-8-17(23-14-5-3-2-4-13(11)14)25-10-15(24)12-6-7-22-16(9-12)18(19,20)21/h2-9H,10H2,1H3. The van der Waals surface area contributed by atoms with Gasteiger partial charge in [0.15, 0.2) is 5.78 Å². The molecule has 3 aromatic rings. The minimum absolute atomic E-state index is 0.00604. The number of nitrogens with zero attached hydrogens (tertiary/aromatic N) is 2. The van der Waals surface area contributed by atoms with Crippen molar-refractivity contribution in [1.82, 2.24) is 9.97 Å². The molecule has 0 aliphatic heterocycles. The third-order valence-electron chi connectivity index (χ3n) is 3.62. The SMILES string of the molecule is Cc1cc(SCC(=O)c2ccnc(C(F)(F)F)c2)nc2ccccc12. The molecule has 25 heavy (non-hydrogen) atoms. The number of pyridine rings is 2. The lowest BCUT2D eigenvalue weighted by atomic mass is 10.1. The fourth-order valence-electron chi connectivity index (χ4n) is 2.37. The van der Waals surface area contributed by atoms with Gasteiger partial charge in [0, 0.05) is 17.1 Å². The van der Waals surface area contributed by atoms with E-state index in [2.05, 4.69) is 9.97 Å². The Morgan fingerprint density at radius 2 is 1.92 bits per heavy atom. The van der Waals surface area contributed by atoms with Gasteiger partial charge in [0.1, 0.15) is 5.69 Å². The Kier molecular flexibility index (Phi) is 4.76. The smallest absolute Gasteiger partial charge is 0.293 e. The quantitative estimate of drug-likeness (QED) is 0.487. The number of aromatic nitrogens is 2. The molecule has 0 aliphatic rings. The van der Waals surface area contributed by atoms with Crippen LogP contribution in [0.4, 0.5) is 13.2 Å². The minimum atomic E-state index is -4.57. The first kappa shape index (κ1) is 17.4. The van der Waals surface area contributed by atoms with Crippen molar-refractivity contribution in [2.45, 2.75) is 18.1 Å². The molecule has 128 valence electrons. The second-order valence-corrected chi connectivity index (χ2v) is 6.43. The maximum Gasteiger partial charge on any atom is 0.433 e. The van der Waals surface area contributed by atoms with Crippen LogP contribution in [0.5, 0.6) is 0 Å². The first-order valence-electron chi connectivity index (χ1n) is 7.40. The average Bonchev–Trinajstić information content (AvgIpc) is 2.59. The number of benzene rings is 1. The van der Waals surface area contributed by atoms with Crippen molar-refractivity contribution in [3.8, 4) is 0 Å². The zero-order valence-corrected chi connectivity index (χ0v) is 14.0. The summed E-state index contributed by atoms with van der Waals surface area (Å²) in [7, 11) is 0. The lowest BCUT2D eigenvalue weighted by molar-refractivity contribution is -0.141. The Morgan fingerprint density at radius 3 is 2.68 bits per heavy atom. The van der Waals surface area contributed by atoms with Crippen molar-refractivity contribution in [3.63, 3.8) is 0 Å². The van der Waals surface area contributed by atoms with E-state index in [4.69, 9.17) is 0 Å². The monoisotopic (exact) mass is 362 g/mol. The number of para-hydroxylation sites is 1. The van der Waals surface area contributed by atoms with Gasteiger partial charge in [-0.2, -0.15) is 13.2 Å². The molecule has 0 N–H and O–H groups in total. The number of Topliss-reactive ketones (excluding diaryl/α,β-unsaturated/α-hetero) is 1. The first-order valence-corrected chi connectivity index (χ1v) is 8.39. The molecule has 0 atom stereocenters. The molecular formula is C18H13F3N2OS. The van der Waals surface area contributed by atoms with Crippen LogP contribution in [0.15, 0.2) is 53.7 Å². The largest absolute Gasteiger partial charge is 0.433 e. The molecule has 0 unspecified atom stereocenters. The molecule has 2 heterocycles. The number of halogens is 3. The number of hydrogen-bond acceptors (Lipinski definition) is 4. The van der Waals surface area contributed by atoms with Crippen LogP contribution in [-0.2, 0) is 6.18 Å². The van der Waals surface area contributed by atoms with E-state index in [-0.39, 0.29) is 11.3 Å². The zero-order chi connectivity index (χ0) is 18.0. The maximum absolute atomic E-state index is 12.7. The molecule has 0 fully saturated rings. The molecule has 1 aromatic carbocycles. The van der Waals surface area contributed by atoms with Gasteiger partial charge < -0.3 is 0 Å². The van der Waals surface area contributed by atoms with Gasteiger partial charge >= 0.3 is 6.18 Å². The van der Waals surface area contributed by atoms with Crippen LogP contribution >= 0.6 is 11.8 Å². The number of carbonyl (C=O) groups excluding carboxylic acids is 1. The van der Waals surface area contributed by atoms with Crippen molar-refractivity contribution in [2.75, 3.05) is 5.75 Å². The second kappa shape index (κ2) is 6.84. The van der Waals surface area contributed by atoms with Crippen LogP contribution in [0.25, 0.3) is 10.9 Å². The van der Waals surface area contributed by atoms with Crippen molar-refractivity contribution >= 4 is 28.4 Å². The van der Waals surface area contributed by atoms with E-state index in [0.29, 0.717) is 5.03 Å². The predicted molar refractivity (Wildman–Crippen MR) is 90.8 cm³/mol. The third kappa shape index (κ3) is 3.99. The maximum atomic E-state index is 12.7. The molecule has 0 bridgehead atoms. The summed E-state index contributed by atoms with van der Waals surface area (Å²) in [5, 5.41) is 1.69. The number of carbonyl (C=O) groups is 1. The molecule has 0 amide bonds. The molecule has 7 heteroatoms. The zero-order valence-electron chi connectivity index (χ0n) is 13.2. The van der Waals surface area contributed by atoms with E-state index >= 15 is 0 Å². The fourth-order valence-corrected chi connectivity index (χ4v) is 3.24. The van der Waals surface area contributed by atoms with Crippen molar-refractivity contribution < 1.29 is 18.0 Å². The molecule has 0 spiro atoms. The van der Waals surface area contributed by atoms with Gasteiger partial charge in [-0.15, -0.1) is 0 Å². The molecule has 2 aromatic heterocycles. The number of thioether (sulfide) groups is 1. The van der Waals surface area contributed by atoms with Gasteiger partial charge in [0.25, 0.3) is 0 Å². The van der Waals surface area contributed by atoms with Crippen LogP contribution in [0.2, 0.25) is 0 Å². The molecule has 3 rings (SSSR count). The van der Waals surface area contributed by atoms with Crippen LogP contribution < -0.4 is 0 Å². The summed E-state index contributed by atoms with van der Waals surface area (Å²) in [6, 6.07) is 11.6. The summed E-state index contributed by atoms with van der Waals surface area (Å²) in [4.78, 5) is 19.9. The van der Waals surface area contributed by atoms with Crippen molar-refractivity contribution in [1.29, 1.82) is 0 Å². The normalized spacial score (nSPS) is 11.7. The van der Waals surface area contributed by atoms with Gasteiger partial charge in [-0.1, -0.05) is 30.0 Å². The fraction of sp³-hybridized carbons (Fsp3) is 0.167. The Bertz CT molecular complexity index is 941. The topological polar surface area (TPSA) is 42.9 Å². The average molecular weight is 362 g/mol. The number of fused-ring (bicyclic) bond motifs is 1. The van der Waals surface area contributed by atoms with Gasteiger partial charge in [0.05, 0.1) is 16.3 Å². The van der Waals surface area contributed by atoms with Crippen LogP contribution in [0.3, 0.4) is 0 Å². The number of hydrogen-bond donors (Lipinski definition) is 0. The van der Waals surface area contributed by atoms with E-state index in [1.54, 1.807) is 0 Å². The predicted octanol–water partition coefficient (Wildman–Crippen LogP) is 4.93. The number of aryl methyl sites for hydroxylation is 1. The van der Waals surface area contributed by atoms with Gasteiger partial charge in [-0.25, -0.2) is 4.98 Å². The summed E-state index contributed by atoms with van der Waals surface area (Å²) >= 11 is 1.20. The summed E-state index contributed by atoms with van der Waals surface area (Å²) in [5.41, 5.74) is 0.778. The van der Waals surface area contributed by atoms with Crippen LogP contribution in [0, 0.1) is 6.92 Å². The molecule has 0 saturated heterocycles. The molecule has 0 radical (unpaired) electrons. The summed E-state index contributed by atoms with van der Waals surface area (Å²) in [6.07, 6.45) is -3.57. The summed E-state index contributed by atoms with van der Waals surface area (Å²) in [6.45, 7) is 1.95.